The number of rotatable bonds is 5. The monoisotopic (exact) mass is 400 g/mol. The van der Waals surface area contributed by atoms with Crippen molar-refractivity contribution in [2.45, 2.75) is 0 Å². The molecule has 0 atom stereocenters. The molecule has 152 valence electrons. The molecule has 1 aliphatic rings. The van der Waals surface area contributed by atoms with Crippen LogP contribution < -0.4 is 19.9 Å². The van der Waals surface area contributed by atoms with Gasteiger partial charge in [0.15, 0.2) is 0 Å². The summed E-state index contributed by atoms with van der Waals surface area (Å²) < 4.78 is 5.22. The summed E-state index contributed by atoms with van der Waals surface area (Å²) in [5.41, 5.74) is 4.42. The van der Waals surface area contributed by atoms with Crippen molar-refractivity contribution in [3.05, 3.63) is 66.2 Å². The first-order valence-electron chi connectivity index (χ1n) is 10.1. The van der Waals surface area contributed by atoms with Crippen LogP contribution in [0.25, 0.3) is 11.3 Å². The second kappa shape index (κ2) is 8.85. The van der Waals surface area contributed by atoms with Crippen molar-refractivity contribution in [3.63, 3.8) is 0 Å². The van der Waals surface area contributed by atoms with Crippen LogP contribution >= 0.6 is 0 Å². The van der Waals surface area contributed by atoms with Crippen LogP contribution in [0.4, 0.5) is 17.2 Å². The maximum atomic E-state index is 9.51. The van der Waals surface area contributed by atoms with Crippen molar-refractivity contribution < 1.29 is 9.64 Å². The minimum atomic E-state index is 0.512. The molecule has 30 heavy (non-hydrogen) atoms. The second-order valence-corrected chi connectivity index (χ2v) is 7.55. The average Bonchev–Trinajstić information content (AvgIpc) is 2.80. The van der Waals surface area contributed by atoms with Crippen molar-refractivity contribution in [1.82, 2.24) is 4.98 Å². The van der Waals surface area contributed by atoms with Crippen LogP contribution in [0.1, 0.15) is 5.56 Å². The number of nitrogens with one attached hydrogen (secondary N) is 2. The quantitative estimate of drug-likeness (QED) is 0.689. The third-order valence-electron chi connectivity index (χ3n) is 5.51. The molecule has 1 fully saturated rings. The molecule has 6 nitrogen and oxygen atoms in total. The number of benzene rings is 2. The molecule has 3 aromatic rings. The molecule has 1 aromatic heterocycles. The summed E-state index contributed by atoms with van der Waals surface area (Å²) in [5, 5.41) is 12.8. The van der Waals surface area contributed by atoms with Gasteiger partial charge in [0.2, 0.25) is 0 Å². The summed E-state index contributed by atoms with van der Waals surface area (Å²) in [6.07, 6.45) is 0. The van der Waals surface area contributed by atoms with Gasteiger partial charge in [-0.15, -0.1) is 0 Å². The molecule has 2 heterocycles. The predicted molar refractivity (Wildman–Crippen MR) is 119 cm³/mol. The Labute approximate surface area is 177 Å². The third kappa shape index (κ3) is 4.37. The molecule has 2 N–H and O–H groups in total. The molecule has 0 bridgehead atoms. The second-order valence-electron chi connectivity index (χ2n) is 7.55. The van der Waals surface area contributed by atoms with Crippen LogP contribution in [-0.4, -0.2) is 45.3 Å². The van der Waals surface area contributed by atoms with Gasteiger partial charge in [0.05, 0.1) is 51.6 Å². The molecular formula is C24H26N5O+. The first-order chi connectivity index (χ1) is 14.7. The number of hydrogen-bond acceptors (Lipinski definition) is 5. The molecular weight excluding hydrogens is 374 g/mol. The standard InChI is InChI=1S/C24H25N5O/c1-28-13-15-29(16-14-28)21-8-6-20(7-9-21)26-24-19(17-25)5-12-23(27-24)18-3-10-22(30-2)11-4-18/h3-12H,13-16H2,1-2H3,(H,26,27)/p+1. The van der Waals surface area contributed by atoms with Gasteiger partial charge in [0.1, 0.15) is 17.6 Å². The number of aromatic nitrogens is 1. The molecule has 0 spiro atoms. The lowest BCUT2D eigenvalue weighted by molar-refractivity contribution is -0.880. The minimum Gasteiger partial charge on any atom is -0.497 e. The van der Waals surface area contributed by atoms with Gasteiger partial charge in [-0.2, -0.15) is 5.26 Å². The summed E-state index contributed by atoms with van der Waals surface area (Å²) in [5.74, 6) is 1.36. The van der Waals surface area contributed by atoms with Gasteiger partial charge in [-0.3, -0.25) is 0 Å². The van der Waals surface area contributed by atoms with Crippen LogP contribution in [0.3, 0.4) is 0 Å². The Kier molecular flexibility index (Phi) is 5.82. The normalized spacial score (nSPS) is 14.2. The van der Waals surface area contributed by atoms with Gasteiger partial charge < -0.3 is 19.9 Å². The number of pyridine rings is 1. The van der Waals surface area contributed by atoms with Crippen LogP contribution in [0.15, 0.2) is 60.7 Å². The van der Waals surface area contributed by atoms with E-state index >= 15 is 0 Å². The Morgan fingerprint density at radius 2 is 1.70 bits per heavy atom. The largest absolute Gasteiger partial charge is 0.497 e. The minimum absolute atomic E-state index is 0.512. The van der Waals surface area contributed by atoms with Crippen molar-refractivity contribution >= 4 is 17.2 Å². The van der Waals surface area contributed by atoms with Crippen LogP contribution in [0, 0.1) is 11.3 Å². The number of nitrogens with zero attached hydrogens (tertiary/aromatic N) is 3. The summed E-state index contributed by atoms with van der Waals surface area (Å²) in [6, 6.07) is 22.0. The van der Waals surface area contributed by atoms with Gasteiger partial charge in [-0.05, 0) is 60.7 Å². The van der Waals surface area contributed by atoms with Crippen molar-refractivity contribution in [1.29, 1.82) is 5.26 Å². The Balaban J connectivity index is 1.53. The van der Waals surface area contributed by atoms with Gasteiger partial charge in [0.25, 0.3) is 0 Å². The first kappa shape index (κ1) is 19.7. The van der Waals surface area contributed by atoms with Crippen molar-refractivity contribution in [3.8, 4) is 23.1 Å². The van der Waals surface area contributed by atoms with E-state index in [1.807, 2.05) is 42.5 Å². The molecule has 0 unspecified atom stereocenters. The summed E-state index contributed by atoms with van der Waals surface area (Å²) >= 11 is 0. The zero-order chi connectivity index (χ0) is 20.9. The Morgan fingerprint density at radius 3 is 2.33 bits per heavy atom. The van der Waals surface area contributed by atoms with Gasteiger partial charge in [-0.1, -0.05) is 0 Å². The smallest absolute Gasteiger partial charge is 0.149 e. The van der Waals surface area contributed by atoms with E-state index in [1.54, 1.807) is 18.1 Å². The van der Waals surface area contributed by atoms with E-state index in [0.29, 0.717) is 11.4 Å². The molecule has 0 aliphatic carbocycles. The molecule has 2 aromatic carbocycles. The highest BCUT2D eigenvalue weighted by Crippen LogP contribution is 2.26. The number of nitriles is 1. The lowest BCUT2D eigenvalue weighted by atomic mass is 10.1. The third-order valence-corrected chi connectivity index (χ3v) is 5.51. The number of hydrogen-bond donors (Lipinski definition) is 2. The molecule has 0 saturated carbocycles. The van der Waals surface area contributed by atoms with E-state index in [4.69, 9.17) is 9.72 Å². The Hall–Kier alpha value is -3.56. The van der Waals surface area contributed by atoms with Crippen LogP contribution in [0.5, 0.6) is 5.75 Å². The SMILES string of the molecule is COc1ccc(-c2ccc(C#N)c(Nc3ccc(N4CC[NH+](C)CC4)cc3)n2)cc1. The summed E-state index contributed by atoms with van der Waals surface area (Å²) in [4.78, 5) is 8.69. The Bertz CT molecular complexity index is 1030. The number of piperazine rings is 1. The fourth-order valence-corrected chi connectivity index (χ4v) is 3.61. The molecule has 1 aliphatic heterocycles. The average molecular weight is 401 g/mol. The molecule has 0 amide bonds. The highest BCUT2D eigenvalue weighted by molar-refractivity contribution is 5.69. The van der Waals surface area contributed by atoms with Gasteiger partial charge in [0, 0.05) is 16.9 Å². The lowest BCUT2D eigenvalue weighted by Crippen LogP contribution is -3.12. The number of likely N-dealkylation sites (N-methyl/N-ethyl adjacent to an activating group) is 1. The van der Waals surface area contributed by atoms with Crippen molar-refractivity contribution in [2.75, 3.05) is 50.6 Å². The van der Waals surface area contributed by atoms with Crippen LogP contribution in [-0.2, 0) is 0 Å². The Morgan fingerprint density at radius 1 is 1.00 bits per heavy atom. The zero-order valence-electron chi connectivity index (χ0n) is 17.4. The first-order valence-corrected chi connectivity index (χ1v) is 10.1. The number of anilines is 3. The number of ether oxygens (including phenoxy) is 1. The van der Waals surface area contributed by atoms with Gasteiger partial charge in [-0.25, -0.2) is 4.98 Å². The summed E-state index contributed by atoms with van der Waals surface area (Å²) in [6.45, 7) is 4.46. The highest BCUT2D eigenvalue weighted by atomic mass is 16.5. The van der Waals surface area contributed by atoms with E-state index in [-0.39, 0.29) is 0 Å². The van der Waals surface area contributed by atoms with Gasteiger partial charge >= 0.3 is 0 Å². The topological polar surface area (TPSA) is 65.6 Å². The fraction of sp³-hybridized carbons (Fsp3) is 0.250. The molecule has 6 heteroatoms. The van der Waals surface area contributed by atoms with E-state index in [2.05, 4.69) is 35.5 Å². The summed E-state index contributed by atoms with van der Waals surface area (Å²) in [7, 11) is 3.89. The fourth-order valence-electron chi connectivity index (χ4n) is 3.61. The highest BCUT2D eigenvalue weighted by Gasteiger charge is 2.16. The van der Waals surface area contributed by atoms with E-state index < -0.39 is 0 Å². The lowest BCUT2D eigenvalue weighted by Gasteiger charge is -2.31. The van der Waals surface area contributed by atoms with E-state index in [9.17, 15) is 5.26 Å². The van der Waals surface area contributed by atoms with Crippen LogP contribution in [0.2, 0.25) is 0 Å². The molecule has 4 rings (SSSR count). The zero-order valence-corrected chi connectivity index (χ0v) is 17.4. The van der Waals surface area contributed by atoms with E-state index in [0.717, 1.165) is 48.9 Å². The molecule has 0 radical (unpaired) electrons. The number of methoxy groups -OCH3 is 1. The van der Waals surface area contributed by atoms with E-state index in [1.165, 1.54) is 5.69 Å². The maximum absolute atomic E-state index is 9.51. The predicted octanol–water partition coefficient (Wildman–Crippen LogP) is 2.71. The molecule has 1 saturated heterocycles. The van der Waals surface area contributed by atoms with Crippen molar-refractivity contribution in [2.24, 2.45) is 0 Å². The maximum Gasteiger partial charge on any atom is 0.149 e. The number of quaternary nitrogens is 1.